The van der Waals surface area contributed by atoms with Crippen LogP contribution in [0.4, 0.5) is 5.69 Å². The smallest absolute Gasteiger partial charge is 0.308 e. The van der Waals surface area contributed by atoms with Gasteiger partial charge in [-0.15, -0.1) is 0 Å². The number of anilines is 1. The highest BCUT2D eigenvalue weighted by atomic mass is 16.4. The fourth-order valence-electron chi connectivity index (χ4n) is 3.00. The maximum Gasteiger partial charge on any atom is 0.308 e. The normalized spacial score (nSPS) is 17.4. The maximum absolute atomic E-state index is 11.4. The lowest BCUT2D eigenvalue weighted by Crippen LogP contribution is -2.38. The number of aryl methyl sites for hydroxylation is 1. The summed E-state index contributed by atoms with van der Waals surface area (Å²) in [5.74, 6) is -1.04. The van der Waals surface area contributed by atoms with E-state index in [0.717, 1.165) is 12.1 Å². The molecule has 1 atom stereocenters. The first-order valence-electron chi connectivity index (χ1n) is 7.24. The van der Waals surface area contributed by atoms with Gasteiger partial charge in [-0.1, -0.05) is 48.0 Å². The topological polar surface area (TPSA) is 40.5 Å². The lowest BCUT2D eigenvalue weighted by Gasteiger charge is -2.35. The highest BCUT2D eigenvalue weighted by Gasteiger charge is 2.29. The van der Waals surface area contributed by atoms with Gasteiger partial charge in [-0.3, -0.25) is 4.79 Å². The zero-order valence-corrected chi connectivity index (χ0v) is 12.1. The number of hydrogen-bond donors (Lipinski definition) is 1. The summed E-state index contributed by atoms with van der Waals surface area (Å²) >= 11 is 0. The van der Waals surface area contributed by atoms with Crippen molar-refractivity contribution in [1.82, 2.24) is 0 Å². The molecule has 0 bridgehead atoms. The number of carbonyl (C=O) groups is 1. The van der Waals surface area contributed by atoms with Crippen LogP contribution in [0.1, 0.15) is 16.7 Å². The van der Waals surface area contributed by atoms with Crippen LogP contribution >= 0.6 is 0 Å². The lowest BCUT2D eigenvalue weighted by molar-refractivity contribution is -0.141. The third kappa shape index (κ3) is 2.92. The molecular weight excluding hydrogens is 262 g/mol. The average Bonchev–Trinajstić information content (AvgIpc) is 2.47. The summed E-state index contributed by atoms with van der Waals surface area (Å²) in [6.07, 6.45) is 0.623. The Morgan fingerprint density at radius 2 is 2.00 bits per heavy atom. The van der Waals surface area contributed by atoms with Crippen LogP contribution in [0, 0.1) is 12.8 Å². The monoisotopic (exact) mass is 281 g/mol. The Hall–Kier alpha value is -2.29. The maximum atomic E-state index is 11.4. The van der Waals surface area contributed by atoms with Gasteiger partial charge in [0.2, 0.25) is 0 Å². The quantitative estimate of drug-likeness (QED) is 0.938. The molecule has 0 fully saturated rings. The van der Waals surface area contributed by atoms with Gasteiger partial charge < -0.3 is 10.0 Å². The minimum absolute atomic E-state index is 0.331. The van der Waals surface area contributed by atoms with E-state index in [-0.39, 0.29) is 5.92 Å². The second kappa shape index (κ2) is 5.60. The number of fused-ring (bicyclic) bond motifs is 1. The molecule has 1 unspecified atom stereocenters. The molecule has 3 nitrogen and oxygen atoms in total. The van der Waals surface area contributed by atoms with Crippen molar-refractivity contribution in [3.63, 3.8) is 0 Å². The summed E-state index contributed by atoms with van der Waals surface area (Å²) in [7, 11) is 0. The number of benzene rings is 2. The Morgan fingerprint density at radius 3 is 2.71 bits per heavy atom. The average molecular weight is 281 g/mol. The molecule has 0 saturated carbocycles. The van der Waals surface area contributed by atoms with E-state index < -0.39 is 5.97 Å². The first-order chi connectivity index (χ1) is 10.1. The van der Waals surface area contributed by atoms with Crippen LogP contribution in [0.15, 0.2) is 48.5 Å². The molecule has 0 saturated heterocycles. The van der Waals surface area contributed by atoms with E-state index in [1.165, 1.54) is 16.8 Å². The van der Waals surface area contributed by atoms with Gasteiger partial charge in [-0.25, -0.2) is 0 Å². The van der Waals surface area contributed by atoms with Crippen LogP contribution in [0.5, 0.6) is 0 Å². The van der Waals surface area contributed by atoms with Gasteiger partial charge in [0, 0.05) is 18.8 Å². The van der Waals surface area contributed by atoms with Crippen LogP contribution in [0.3, 0.4) is 0 Å². The summed E-state index contributed by atoms with van der Waals surface area (Å²) in [6.45, 7) is 3.37. The van der Waals surface area contributed by atoms with Crippen molar-refractivity contribution in [2.24, 2.45) is 5.92 Å². The zero-order valence-electron chi connectivity index (χ0n) is 12.1. The molecule has 108 valence electrons. The van der Waals surface area contributed by atoms with Crippen molar-refractivity contribution in [3.8, 4) is 0 Å². The van der Waals surface area contributed by atoms with Crippen molar-refractivity contribution in [1.29, 1.82) is 0 Å². The Balaban J connectivity index is 1.93. The molecule has 3 heteroatoms. The van der Waals surface area contributed by atoms with E-state index in [1.54, 1.807) is 0 Å². The minimum atomic E-state index is -0.708. The number of nitrogens with zero attached hydrogens (tertiary/aromatic N) is 1. The van der Waals surface area contributed by atoms with Crippen LogP contribution < -0.4 is 4.90 Å². The molecule has 1 heterocycles. The van der Waals surface area contributed by atoms with Gasteiger partial charge in [-0.05, 0) is 30.5 Å². The molecule has 0 amide bonds. The van der Waals surface area contributed by atoms with Gasteiger partial charge in [0.15, 0.2) is 0 Å². The molecule has 0 spiro atoms. The second-order valence-corrected chi connectivity index (χ2v) is 5.74. The van der Waals surface area contributed by atoms with Crippen molar-refractivity contribution in [2.45, 2.75) is 19.9 Å². The van der Waals surface area contributed by atoms with Crippen LogP contribution in [0.2, 0.25) is 0 Å². The third-order valence-electron chi connectivity index (χ3n) is 4.05. The molecule has 1 aliphatic heterocycles. The molecule has 0 aromatic heterocycles. The molecule has 1 N–H and O–H groups in total. The molecule has 3 rings (SSSR count). The van der Waals surface area contributed by atoms with Crippen molar-refractivity contribution in [2.75, 3.05) is 11.4 Å². The largest absolute Gasteiger partial charge is 0.481 e. The van der Waals surface area contributed by atoms with Crippen LogP contribution in [-0.2, 0) is 17.8 Å². The van der Waals surface area contributed by atoms with E-state index in [2.05, 4.69) is 35.2 Å². The molecule has 0 radical (unpaired) electrons. The number of aliphatic carboxylic acids is 1. The van der Waals surface area contributed by atoms with Gasteiger partial charge in [0.25, 0.3) is 0 Å². The molecule has 2 aromatic carbocycles. The van der Waals surface area contributed by atoms with Crippen molar-refractivity contribution in [3.05, 3.63) is 65.2 Å². The predicted octanol–water partition coefficient (Wildman–Crippen LogP) is 3.26. The highest BCUT2D eigenvalue weighted by molar-refractivity contribution is 5.74. The first kappa shape index (κ1) is 13.7. The highest BCUT2D eigenvalue weighted by Crippen LogP contribution is 2.31. The van der Waals surface area contributed by atoms with Crippen molar-refractivity contribution >= 4 is 11.7 Å². The van der Waals surface area contributed by atoms with E-state index in [0.29, 0.717) is 13.0 Å². The van der Waals surface area contributed by atoms with Crippen LogP contribution in [0.25, 0.3) is 0 Å². The second-order valence-electron chi connectivity index (χ2n) is 5.74. The number of carboxylic acid groups (broad SMARTS) is 1. The van der Waals surface area contributed by atoms with Gasteiger partial charge in [-0.2, -0.15) is 0 Å². The summed E-state index contributed by atoms with van der Waals surface area (Å²) in [5.41, 5.74) is 4.70. The standard InChI is InChI=1S/C18H19NO2/c1-13-7-8-17-15(9-13)10-16(18(20)21)12-19(17)11-14-5-3-2-4-6-14/h2-9,16H,10-12H2,1H3,(H,20,21). The molecule has 1 aliphatic rings. The fraction of sp³-hybridized carbons (Fsp3) is 0.278. The number of hydrogen-bond acceptors (Lipinski definition) is 2. The van der Waals surface area contributed by atoms with Crippen molar-refractivity contribution < 1.29 is 9.90 Å². The van der Waals surface area contributed by atoms with Crippen LogP contribution in [-0.4, -0.2) is 17.6 Å². The number of rotatable bonds is 3. The van der Waals surface area contributed by atoms with E-state index in [1.807, 2.05) is 25.1 Å². The zero-order chi connectivity index (χ0) is 14.8. The summed E-state index contributed by atoms with van der Waals surface area (Å²) in [4.78, 5) is 13.6. The molecule has 21 heavy (non-hydrogen) atoms. The summed E-state index contributed by atoms with van der Waals surface area (Å²) in [5, 5.41) is 9.39. The molecule has 0 aliphatic carbocycles. The minimum Gasteiger partial charge on any atom is -0.481 e. The third-order valence-corrected chi connectivity index (χ3v) is 4.05. The van der Waals surface area contributed by atoms with Gasteiger partial charge >= 0.3 is 5.97 Å². The Kier molecular flexibility index (Phi) is 3.65. The summed E-state index contributed by atoms with van der Waals surface area (Å²) in [6, 6.07) is 16.5. The van der Waals surface area contributed by atoms with E-state index >= 15 is 0 Å². The van der Waals surface area contributed by atoms with E-state index in [9.17, 15) is 9.90 Å². The molecular formula is C18H19NO2. The Morgan fingerprint density at radius 1 is 1.24 bits per heavy atom. The fourth-order valence-corrected chi connectivity index (χ4v) is 3.00. The van der Waals surface area contributed by atoms with Gasteiger partial charge in [0.05, 0.1) is 5.92 Å². The molecule has 2 aromatic rings. The van der Waals surface area contributed by atoms with E-state index in [4.69, 9.17) is 0 Å². The first-order valence-corrected chi connectivity index (χ1v) is 7.24. The predicted molar refractivity (Wildman–Crippen MR) is 83.5 cm³/mol. The Bertz CT molecular complexity index is 652. The number of carboxylic acids is 1. The summed E-state index contributed by atoms with van der Waals surface area (Å²) < 4.78 is 0. The SMILES string of the molecule is Cc1ccc2c(c1)CC(C(=O)O)CN2Cc1ccccc1. The van der Waals surface area contributed by atoms with Gasteiger partial charge in [0.1, 0.15) is 0 Å². The Labute approximate surface area is 124 Å². The lowest BCUT2D eigenvalue weighted by atomic mass is 9.91.